The van der Waals surface area contributed by atoms with Crippen LogP contribution in [0.15, 0.2) is 6.07 Å². The van der Waals surface area contributed by atoms with Gasteiger partial charge in [0.15, 0.2) is 5.82 Å². The Kier molecular flexibility index (Phi) is 4.98. The Bertz CT molecular complexity index is 573. The number of carbonyl (C=O) groups is 2. The van der Waals surface area contributed by atoms with Crippen molar-refractivity contribution in [2.75, 3.05) is 18.9 Å². The molecular weight excluding hydrogens is 292 g/mol. The Morgan fingerprint density at radius 1 is 1.26 bits per heavy atom. The number of aromatic nitrogens is 2. The van der Waals surface area contributed by atoms with E-state index in [1.807, 2.05) is 0 Å². The van der Waals surface area contributed by atoms with E-state index in [0.29, 0.717) is 36.9 Å². The van der Waals surface area contributed by atoms with Crippen LogP contribution in [0.1, 0.15) is 61.9 Å². The van der Waals surface area contributed by atoms with Crippen LogP contribution in [-0.2, 0) is 11.3 Å². The average Bonchev–Trinajstić information content (AvgIpc) is 2.77. The molecule has 3 rings (SSSR count). The quantitative estimate of drug-likeness (QED) is 0.868. The summed E-state index contributed by atoms with van der Waals surface area (Å²) in [5, 5.41) is 7.17. The summed E-state index contributed by atoms with van der Waals surface area (Å²) >= 11 is 0. The maximum Gasteiger partial charge on any atom is 0.272 e. The van der Waals surface area contributed by atoms with Gasteiger partial charge in [-0.05, 0) is 12.3 Å². The minimum absolute atomic E-state index is 0.00509. The standard InChI is InChI=1S/C17H26N4O2/c1-20-10-11-21-14(17(20)23)12-15(19-21)18-16(22)9-8-13-6-4-2-3-5-7-13/h12-13H,2-11H2,1H3,(H,18,19,22). The molecule has 23 heavy (non-hydrogen) atoms. The lowest BCUT2D eigenvalue weighted by Crippen LogP contribution is -2.37. The third kappa shape index (κ3) is 3.92. The second kappa shape index (κ2) is 7.15. The number of nitrogens with one attached hydrogen (secondary N) is 1. The summed E-state index contributed by atoms with van der Waals surface area (Å²) in [6.45, 7) is 1.33. The normalized spacial score (nSPS) is 19.3. The van der Waals surface area contributed by atoms with E-state index in [0.717, 1.165) is 6.42 Å². The van der Waals surface area contributed by atoms with Gasteiger partial charge in [0.05, 0.1) is 6.54 Å². The van der Waals surface area contributed by atoms with E-state index in [1.54, 1.807) is 22.7 Å². The summed E-state index contributed by atoms with van der Waals surface area (Å²) < 4.78 is 1.68. The van der Waals surface area contributed by atoms with Gasteiger partial charge in [-0.3, -0.25) is 14.3 Å². The first-order valence-corrected chi connectivity index (χ1v) is 8.76. The van der Waals surface area contributed by atoms with Crippen LogP contribution in [0, 0.1) is 5.92 Å². The summed E-state index contributed by atoms with van der Waals surface area (Å²) in [6, 6.07) is 1.68. The lowest BCUT2D eigenvalue weighted by atomic mass is 9.95. The molecule has 0 unspecified atom stereocenters. The average molecular weight is 318 g/mol. The van der Waals surface area contributed by atoms with Gasteiger partial charge in [0.2, 0.25) is 5.91 Å². The SMILES string of the molecule is CN1CCn2nc(NC(=O)CCC3CCCCCC3)cc2C1=O. The number of fused-ring (bicyclic) bond motifs is 1. The molecule has 1 saturated carbocycles. The molecule has 1 aromatic rings. The van der Waals surface area contributed by atoms with Crippen molar-refractivity contribution in [1.82, 2.24) is 14.7 Å². The van der Waals surface area contributed by atoms with E-state index in [9.17, 15) is 9.59 Å². The highest BCUT2D eigenvalue weighted by Crippen LogP contribution is 2.26. The maximum absolute atomic E-state index is 12.1. The zero-order valence-electron chi connectivity index (χ0n) is 13.9. The molecule has 2 aliphatic rings. The van der Waals surface area contributed by atoms with Gasteiger partial charge in [-0.2, -0.15) is 5.10 Å². The molecule has 1 N–H and O–H groups in total. The Balaban J connectivity index is 1.52. The summed E-state index contributed by atoms with van der Waals surface area (Å²) in [5.74, 6) is 1.15. The van der Waals surface area contributed by atoms with Gasteiger partial charge in [-0.25, -0.2) is 0 Å². The van der Waals surface area contributed by atoms with Gasteiger partial charge in [0, 0.05) is 26.1 Å². The Morgan fingerprint density at radius 2 is 2.00 bits per heavy atom. The smallest absolute Gasteiger partial charge is 0.272 e. The molecule has 6 nitrogen and oxygen atoms in total. The first kappa shape index (κ1) is 16.0. The molecule has 1 fully saturated rings. The second-order valence-corrected chi connectivity index (χ2v) is 6.81. The van der Waals surface area contributed by atoms with E-state index in [2.05, 4.69) is 10.4 Å². The van der Waals surface area contributed by atoms with Crippen LogP contribution >= 0.6 is 0 Å². The van der Waals surface area contributed by atoms with Crippen molar-refractivity contribution in [1.29, 1.82) is 0 Å². The number of hydrogen-bond acceptors (Lipinski definition) is 3. The first-order chi connectivity index (χ1) is 11.1. The monoisotopic (exact) mass is 318 g/mol. The molecule has 1 aromatic heterocycles. The maximum atomic E-state index is 12.1. The van der Waals surface area contributed by atoms with Gasteiger partial charge in [-0.1, -0.05) is 38.5 Å². The van der Waals surface area contributed by atoms with Crippen molar-refractivity contribution >= 4 is 17.6 Å². The highest BCUT2D eigenvalue weighted by Gasteiger charge is 2.24. The Morgan fingerprint density at radius 3 is 2.74 bits per heavy atom. The molecule has 6 heteroatoms. The largest absolute Gasteiger partial charge is 0.339 e. The van der Waals surface area contributed by atoms with Crippen LogP contribution in [0.2, 0.25) is 0 Å². The van der Waals surface area contributed by atoms with Crippen LogP contribution in [0.4, 0.5) is 5.82 Å². The molecule has 0 bridgehead atoms. The van der Waals surface area contributed by atoms with Gasteiger partial charge < -0.3 is 10.2 Å². The minimum atomic E-state index is -0.0392. The van der Waals surface area contributed by atoms with Crippen molar-refractivity contribution in [3.05, 3.63) is 11.8 Å². The van der Waals surface area contributed by atoms with Crippen molar-refractivity contribution in [2.24, 2.45) is 5.92 Å². The third-order valence-electron chi connectivity index (χ3n) is 5.01. The lowest BCUT2D eigenvalue weighted by molar-refractivity contribution is -0.116. The van der Waals surface area contributed by atoms with Crippen molar-refractivity contribution in [3.8, 4) is 0 Å². The molecule has 1 aliphatic heterocycles. The topological polar surface area (TPSA) is 67.2 Å². The van der Waals surface area contributed by atoms with Crippen LogP contribution in [0.5, 0.6) is 0 Å². The van der Waals surface area contributed by atoms with Crippen LogP contribution in [0.3, 0.4) is 0 Å². The highest BCUT2D eigenvalue weighted by atomic mass is 16.2. The molecule has 126 valence electrons. The second-order valence-electron chi connectivity index (χ2n) is 6.81. The molecule has 1 aliphatic carbocycles. The number of hydrogen-bond donors (Lipinski definition) is 1. The summed E-state index contributed by atoms with van der Waals surface area (Å²) in [4.78, 5) is 25.9. The van der Waals surface area contributed by atoms with E-state index in [-0.39, 0.29) is 11.8 Å². The number of carbonyl (C=O) groups excluding carboxylic acids is 2. The molecule has 0 saturated heterocycles. The summed E-state index contributed by atoms with van der Waals surface area (Å²) in [7, 11) is 1.78. The van der Waals surface area contributed by atoms with E-state index in [4.69, 9.17) is 0 Å². The van der Waals surface area contributed by atoms with Gasteiger partial charge in [-0.15, -0.1) is 0 Å². The van der Waals surface area contributed by atoms with Crippen LogP contribution in [-0.4, -0.2) is 40.1 Å². The zero-order chi connectivity index (χ0) is 16.2. The first-order valence-electron chi connectivity index (χ1n) is 8.76. The van der Waals surface area contributed by atoms with Crippen LogP contribution in [0.25, 0.3) is 0 Å². The molecular formula is C17H26N4O2. The Hall–Kier alpha value is -1.85. The third-order valence-corrected chi connectivity index (χ3v) is 5.01. The Labute approximate surface area is 137 Å². The molecule has 0 aromatic carbocycles. The van der Waals surface area contributed by atoms with Crippen LogP contribution < -0.4 is 5.32 Å². The molecule has 0 atom stereocenters. The lowest BCUT2D eigenvalue weighted by Gasteiger charge is -2.22. The fourth-order valence-electron chi connectivity index (χ4n) is 3.56. The highest BCUT2D eigenvalue weighted by molar-refractivity contribution is 5.95. The molecule has 0 radical (unpaired) electrons. The van der Waals surface area contributed by atoms with Crippen molar-refractivity contribution < 1.29 is 9.59 Å². The van der Waals surface area contributed by atoms with E-state index >= 15 is 0 Å². The fourth-order valence-corrected chi connectivity index (χ4v) is 3.56. The molecule has 2 amide bonds. The van der Waals surface area contributed by atoms with E-state index in [1.165, 1.54) is 38.5 Å². The number of rotatable bonds is 4. The predicted octanol–water partition coefficient (Wildman–Crippen LogP) is 2.66. The van der Waals surface area contributed by atoms with Crippen molar-refractivity contribution in [2.45, 2.75) is 57.9 Å². The van der Waals surface area contributed by atoms with E-state index < -0.39 is 0 Å². The van der Waals surface area contributed by atoms with Gasteiger partial charge in [0.25, 0.3) is 5.91 Å². The molecule has 2 heterocycles. The fraction of sp³-hybridized carbons (Fsp3) is 0.706. The van der Waals surface area contributed by atoms with Crippen molar-refractivity contribution in [3.63, 3.8) is 0 Å². The summed E-state index contributed by atoms with van der Waals surface area (Å²) in [5.41, 5.74) is 0.554. The minimum Gasteiger partial charge on any atom is -0.339 e. The number of amides is 2. The number of likely N-dealkylation sites (N-methyl/N-ethyl adjacent to an activating group) is 1. The molecule has 0 spiro atoms. The number of anilines is 1. The predicted molar refractivity (Wildman–Crippen MR) is 88.2 cm³/mol. The van der Waals surface area contributed by atoms with Gasteiger partial charge in [0.1, 0.15) is 5.69 Å². The number of nitrogens with zero attached hydrogens (tertiary/aromatic N) is 3. The van der Waals surface area contributed by atoms with Gasteiger partial charge >= 0.3 is 0 Å². The summed E-state index contributed by atoms with van der Waals surface area (Å²) in [6.07, 6.45) is 9.30. The zero-order valence-corrected chi connectivity index (χ0v) is 13.9.